The number of ether oxygens (including phenoxy) is 3. The van der Waals surface area contributed by atoms with Gasteiger partial charge in [0.15, 0.2) is 0 Å². The Labute approximate surface area is 191 Å². The zero-order valence-electron chi connectivity index (χ0n) is 18.0. The Morgan fingerprint density at radius 2 is 1.84 bits per heavy atom. The van der Waals surface area contributed by atoms with E-state index in [-0.39, 0.29) is 11.0 Å². The topological polar surface area (TPSA) is 84.4 Å². The third-order valence-corrected chi connectivity index (χ3v) is 5.11. The van der Waals surface area contributed by atoms with Gasteiger partial charge in [0.25, 0.3) is 5.91 Å². The van der Waals surface area contributed by atoms with Gasteiger partial charge < -0.3 is 19.5 Å². The van der Waals surface area contributed by atoms with Crippen molar-refractivity contribution in [2.75, 3.05) is 58.9 Å². The molecule has 0 aromatic heterocycles. The summed E-state index contributed by atoms with van der Waals surface area (Å²) in [5.41, 5.74) is 0.825. The number of halogens is 2. The smallest absolute Gasteiger partial charge is 0.258 e. The van der Waals surface area contributed by atoms with Gasteiger partial charge in [0.1, 0.15) is 17.3 Å². The van der Waals surface area contributed by atoms with Crippen molar-refractivity contribution < 1.29 is 23.4 Å². The third kappa shape index (κ3) is 6.81. The van der Waals surface area contributed by atoms with Crippen molar-refractivity contribution in [3.8, 4) is 11.5 Å². The normalized spacial score (nSPS) is 14.7. The summed E-state index contributed by atoms with van der Waals surface area (Å²) in [6, 6.07) is 9.04. The van der Waals surface area contributed by atoms with Crippen LogP contribution in [0.15, 0.2) is 41.4 Å². The molecule has 172 valence electrons. The van der Waals surface area contributed by atoms with Gasteiger partial charge in [-0.2, -0.15) is 0 Å². The SMILES string of the molecule is COc1cc(OC)cc(C(=O)NC(=NCCN2CCOCC2)Nc2ccc(F)c(Cl)c2)c1. The molecule has 0 bridgehead atoms. The Balaban J connectivity index is 1.76. The molecule has 1 saturated heterocycles. The largest absolute Gasteiger partial charge is 0.497 e. The van der Waals surface area contributed by atoms with E-state index in [1.165, 1.54) is 32.4 Å². The number of morpholine rings is 1. The van der Waals surface area contributed by atoms with E-state index in [0.717, 1.165) is 13.1 Å². The lowest BCUT2D eigenvalue weighted by atomic mass is 10.2. The number of anilines is 1. The molecule has 8 nitrogen and oxygen atoms in total. The number of nitrogens with zero attached hydrogens (tertiary/aromatic N) is 2. The molecule has 1 heterocycles. The lowest BCUT2D eigenvalue weighted by molar-refractivity contribution is 0.0394. The highest BCUT2D eigenvalue weighted by molar-refractivity contribution is 6.31. The second kappa shape index (κ2) is 11.7. The number of carbonyl (C=O) groups is 1. The van der Waals surface area contributed by atoms with E-state index < -0.39 is 11.7 Å². The molecule has 0 aliphatic carbocycles. The molecule has 0 atom stereocenters. The first-order chi connectivity index (χ1) is 15.5. The molecule has 0 spiro atoms. The fourth-order valence-corrected chi connectivity index (χ4v) is 3.25. The quantitative estimate of drug-likeness (QED) is 0.484. The number of carbonyl (C=O) groups excluding carboxylic acids is 1. The van der Waals surface area contributed by atoms with Gasteiger partial charge in [0, 0.05) is 37.0 Å². The van der Waals surface area contributed by atoms with E-state index in [1.807, 2.05) is 0 Å². The van der Waals surface area contributed by atoms with Crippen molar-refractivity contribution in [2.45, 2.75) is 0 Å². The standard InChI is InChI=1S/C22H26ClFN4O4/c1-30-17-11-15(12-18(14-17)31-2)21(29)27-22(25-5-6-28-7-9-32-10-8-28)26-16-3-4-20(24)19(23)13-16/h3-4,11-14H,5-10H2,1-2H3,(H2,25,26,27,29). The number of hydrogen-bond acceptors (Lipinski definition) is 6. The first-order valence-corrected chi connectivity index (χ1v) is 10.5. The molecule has 2 N–H and O–H groups in total. The van der Waals surface area contributed by atoms with E-state index in [0.29, 0.717) is 49.1 Å². The molecule has 1 aliphatic heterocycles. The maximum atomic E-state index is 13.5. The monoisotopic (exact) mass is 464 g/mol. The van der Waals surface area contributed by atoms with Crippen LogP contribution >= 0.6 is 11.6 Å². The second-order valence-electron chi connectivity index (χ2n) is 6.99. The molecular weight excluding hydrogens is 439 g/mol. The molecule has 0 radical (unpaired) electrons. The van der Waals surface area contributed by atoms with Crippen LogP contribution in [0.3, 0.4) is 0 Å². The molecule has 10 heteroatoms. The molecule has 32 heavy (non-hydrogen) atoms. The number of rotatable bonds is 7. The maximum absolute atomic E-state index is 13.5. The van der Waals surface area contributed by atoms with Crippen molar-refractivity contribution in [3.63, 3.8) is 0 Å². The van der Waals surface area contributed by atoms with Crippen LogP contribution in [0.4, 0.5) is 10.1 Å². The highest BCUT2D eigenvalue weighted by Crippen LogP contribution is 2.23. The molecule has 2 aromatic carbocycles. The van der Waals surface area contributed by atoms with Gasteiger partial charge in [-0.1, -0.05) is 11.6 Å². The van der Waals surface area contributed by atoms with Gasteiger partial charge in [-0.3, -0.25) is 20.0 Å². The number of methoxy groups -OCH3 is 2. The Morgan fingerprint density at radius 1 is 1.16 bits per heavy atom. The van der Waals surface area contributed by atoms with E-state index in [9.17, 15) is 9.18 Å². The Morgan fingerprint density at radius 3 is 2.47 bits per heavy atom. The summed E-state index contributed by atoms with van der Waals surface area (Å²) in [6.07, 6.45) is 0. The summed E-state index contributed by atoms with van der Waals surface area (Å²) in [5.74, 6) is 0.244. The Bertz CT molecular complexity index is 945. The molecule has 3 rings (SSSR count). The lowest BCUT2D eigenvalue weighted by Crippen LogP contribution is -2.39. The van der Waals surface area contributed by atoms with E-state index in [1.54, 1.807) is 18.2 Å². The van der Waals surface area contributed by atoms with E-state index in [2.05, 4.69) is 20.5 Å². The first kappa shape index (κ1) is 23.8. The molecule has 1 fully saturated rings. The van der Waals surface area contributed by atoms with Crippen LogP contribution in [0.1, 0.15) is 10.4 Å². The van der Waals surface area contributed by atoms with Crippen LogP contribution in [0.2, 0.25) is 5.02 Å². The second-order valence-corrected chi connectivity index (χ2v) is 7.40. The van der Waals surface area contributed by atoms with Crippen molar-refractivity contribution in [3.05, 3.63) is 52.8 Å². The number of benzene rings is 2. The number of nitrogens with one attached hydrogen (secondary N) is 2. The zero-order valence-corrected chi connectivity index (χ0v) is 18.7. The molecule has 0 saturated carbocycles. The van der Waals surface area contributed by atoms with Crippen LogP contribution in [0.5, 0.6) is 11.5 Å². The fraction of sp³-hybridized carbons (Fsp3) is 0.364. The van der Waals surface area contributed by atoms with Gasteiger partial charge in [0.05, 0.1) is 39.0 Å². The first-order valence-electron chi connectivity index (χ1n) is 10.1. The molecule has 1 aliphatic rings. The van der Waals surface area contributed by atoms with Crippen LogP contribution in [0.25, 0.3) is 0 Å². The summed E-state index contributed by atoms with van der Waals surface area (Å²) in [6.45, 7) is 4.21. The minimum Gasteiger partial charge on any atom is -0.497 e. The van der Waals surface area contributed by atoms with Crippen LogP contribution in [0, 0.1) is 5.82 Å². The van der Waals surface area contributed by atoms with Gasteiger partial charge >= 0.3 is 0 Å². The average Bonchev–Trinajstić information content (AvgIpc) is 2.81. The number of amides is 1. The number of aliphatic imine (C=N–C) groups is 1. The molecule has 0 unspecified atom stereocenters. The van der Waals surface area contributed by atoms with Crippen molar-refractivity contribution in [1.29, 1.82) is 0 Å². The van der Waals surface area contributed by atoms with Gasteiger partial charge in [-0.25, -0.2) is 4.39 Å². The highest BCUT2D eigenvalue weighted by Gasteiger charge is 2.14. The predicted octanol–water partition coefficient (Wildman–Crippen LogP) is 3.03. The summed E-state index contributed by atoms with van der Waals surface area (Å²) < 4.78 is 29.3. The fourth-order valence-electron chi connectivity index (χ4n) is 3.07. The minimum absolute atomic E-state index is 0.0356. The molecule has 1 amide bonds. The van der Waals surface area contributed by atoms with E-state index >= 15 is 0 Å². The van der Waals surface area contributed by atoms with Gasteiger partial charge in [0.2, 0.25) is 5.96 Å². The van der Waals surface area contributed by atoms with Gasteiger partial charge in [-0.05, 0) is 30.3 Å². The Hall–Kier alpha value is -2.88. The summed E-state index contributed by atoms with van der Waals surface area (Å²) >= 11 is 5.88. The third-order valence-electron chi connectivity index (χ3n) is 4.82. The summed E-state index contributed by atoms with van der Waals surface area (Å²) in [7, 11) is 3.02. The number of guanidine groups is 1. The lowest BCUT2D eigenvalue weighted by Gasteiger charge is -2.25. The number of hydrogen-bond donors (Lipinski definition) is 2. The van der Waals surface area contributed by atoms with Crippen molar-refractivity contribution >= 4 is 29.2 Å². The summed E-state index contributed by atoms with van der Waals surface area (Å²) in [5, 5.41) is 5.73. The van der Waals surface area contributed by atoms with Crippen molar-refractivity contribution in [2.24, 2.45) is 4.99 Å². The predicted molar refractivity (Wildman–Crippen MR) is 122 cm³/mol. The zero-order chi connectivity index (χ0) is 22.9. The van der Waals surface area contributed by atoms with Crippen LogP contribution < -0.4 is 20.1 Å². The average molecular weight is 465 g/mol. The van der Waals surface area contributed by atoms with Crippen LogP contribution in [-0.4, -0.2) is 70.4 Å². The van der Waals surface area contributed by atoms with Crippen molar-refractivity contribution in [1.82, 2.24) is 10.2 Å². The van der Waals surface area contributed by atoms with E-state index in [4.69, 9.17) is 25.8 Å². The Kier molecular flexibility index (Phi) is 8.66. The maximum Gasteiger partial charge on any atom is 0.258 e. The molecular formula is C22H26ClFN4O4. The van der Waals surface area contributed by atoms with Crippen LogP contribution in [-0.2, 0) is 4.74 Å². The highest BCUT2D eigenvalue weighted by atomic mass is 35.5. The summed E-state index contributed by atoms with van der Waals surface area (Å²) in [4.78, 5) is 19.6. The molecule has 2 aromatic rings. The minimum atomic E-state index is -0.532. The van der Waals surface area contributed by atoms with Gasteiger partial charge in [-0.15, -0.1) is 0 Å².